The van der Waals surface area contributed by atoms with Gasteiger partial charge in [0.2, 0.25) is 5.91 Å². The number of anilines is 1. The second kappa shape index (κ2) is 6.29. The minimum Gasteiger partial charge on any atom is -0.389 e. The Labute approximate surface area is 125 Å². The van der Waals surface area contributed by atoms with E-state index in [0.717, 1.165) is 0 Å². The summed E-state index contributed by atoms with van der Waals surface area (Å²) in [6.07, 6.45) is 0. The molecule has 0 aliphatic carbocycles. The number of halogens is 2. The SMILES string of the molecule is CC(Nc1ccc(C(N)=S)c(Br)c1F)C(=O)N(C)C. The Kier molecular flexibility index (Phi) is 5.25. The predicted molar refractivity (Wildman–Crippen MR) is 81.8 cm³/mol. The second-order valence-electron chi connectivity index (χ2n) is 4.25. The van der Waals surface area contributed by atoms with Crippen molar-refractivity contribution in [2.45, 2.75) is 13.0 Å². The number of hydrogen-bond acceptors (Lipinski definition) is 3. The van der Waals surface area contributed by atoms with Crippen LogP contribution in [0.25, 0.3) is 0 Å². The minimum atomic E-state index is -0.535. The van der Waals surface area contributed by atoms with Crippen molar-refractivity contribution in [3.8, 4) is 0 Å². The normalized spacial score (nSPS) is 11.8. The molecule has 0 aromatic heterocycles. The molecule has 0 aliphatic rings. The second-order valence-corrected chi connectivity index (χ2v) is 5.48. The van der Waals surface area contributed by atoms with Gasteiger partial charge in [-0.1, -0.05) is 12.2 Å². The van der Waals surface area contributed by atoms with E-state index < -0.39 is 11.9 Å². The molecule has 1 atom stereocenters. The lowest BCUT2D eigenvalue weighted by Crippen LogP contribution is -2.36. The van der Waals surface area contributed by atoms with E-state index in [1.54, 1.807) is 27.1 Å². The van der Waals surface area contributed by atoms with Crippen molar-refractivity contribution in [3.63, 3.8) is 0 Å². The first-order valence-electron chi connectivity index (χ1n) is 5.51. The van der Waals surface area contributed by atoms with Crippen LogP contribution in [0.4, 0.5) is 10.1 Å². The largest absolute Gasteiger partial charge is 0.389 e. The third-order valence-corrected chi connectivity index (χ3v) is 3.53. The minimum absolute atomic E-state index is 0.106. The number of rotatable bonds is 4. The van der Waals surface area contributed by atoms with Gasteiger partial charge in [0.1, 0.15) is 11.0 Å². The fourth-order valence-electron chi connectivity index (χ4n) is 1.53. The van der Waals surface area contributed by atoms with Crippen molar-refractivity contribution < 1.29 is 9.18 Å². The Bertz CT molecular complexity index is 522. The van der Waals surface area contributed by atoms with Gasteiger partial charge in [-0.2, -0.15) is 0 Å². The van der Waals surface area contributed by atoms with E-state index in [-0.39, 0.29) is 21.1 Å². The maximum Gasteiger partial charge on any atom is 0.244 e. The van der Waals surface area contributed by atoms with Gasteiger partial charge in [-0.3, -0.25) is 4.79 Å². The Hall–Kier alpha value is -1.21. The summed E-state index contributed by atoms with van der Waals surface area (Å²) in [5, 5.41) is 2.82. The summed E-state index contributed by atoms with van der Waals surface area (Å²) in [6.45, 7) is 1.66. The summed E-state index contributed by atoms with van der Waals surface area (Å²) in [6, 6.07) is 2.57. The van der Waals surface area contributed by atoms with Crippen molar-refractivity contribution in [1.82, 2.24) is 4.90 Å². The Morgan fingerprint density at radius 2 is 2.11 bits per heavy atom. The average molecular weight is 348 g/mol. The van der Waals surface area contributed by atoms with Crippen molar-refractivity contribution in [3.05, 3.63) is 28.0 Å². The number of carbonyl (C=O) groups is 1. The average Bonchev–Trinajstić information content (AvgIpc) is 2.33. The zero-order valence-electron chi connectivity index (χ0n) is 10.8. The van der Waals surface area contributed by atoms with Crippen molar-refractivity contribution in [1.29, 1.82) is 0 Å². The maximum atomic E-state index is 14.1. The Balaban J connectivity index is 3.01. The zero-order valence-corrected chi connectivity index (χ0v) is 13.2. The lowest BCUT2D eigenvalue weighted by molar-refractivity contribution is -0.129. The number of amides is 1. The molecule has 0 radical (unpaired) electrons. The fraction of sp³-hybridized carbons (Fsp3) is 0.333. The summed E-state index contributed by atoms with van der Waals surface area (Å²) >= 11 is 7.93. The molecule has 0 fully saturated rings. The molecule has 1 aromatic carbocycles. The molecule has 0 bridgehead atoms. The van der Waals surface area contributed by atoms with Crippen LogP contribution in [0.5, 0.6) is 0 Å². The van der Waals surface area contributed by atoms with Gasteiger partial charge in [-0.15, -0.1) is 0 Å². The number of thiocarbonyl (C=S) groups is 1. The molecular weight excluding hydrogens is 333 g/mol. The summed E-state index contributed by atoms with van der Waals surface area (Å²) in [4.78, 5) is 13.3. The molecule has 0 saturated carbocycles. The highest BCUT2D eigenvalue weighted by atomic mass is 79.9. The predicted octanol–water partition coefficient (Wildman–Crippen LogP) is 2.11. The smallest absolute Gasteiger partial charge is 0.244 e. The number of nitrogens with zero attached hydrogens (tertiary/aromatic N) is 1. The van der Waals surface area contributed by atoms with Crippen LogP contribution in [0.3, 0.4) is 0 Å². The van der Waals surface area contributed by atoms with Gasteiger partial charge in [0.05, 0.1) is 10.2 Å². The van der Waals surface area contributed by atoms with Crippen LogP contribution >= 0.6 is 28.1 Å². The van der Waals surface area contributed by atoms with Gasteiger partial charge in [-0.05, 0) is 35.0 Å². The summed E-state index contributed by atoms with van der Waals surface area (Å²) < 4.78 is 14.3. The van der Waals surface area contributed by atoms with Gasteiger partial charge in [0.25, 0.3) is 0 Å². The monoisotopic (exact) mass is 347 g/mol. The number of hydrogen-bond donors (Lipinski definition) is 2. The zero-order chi connectivity index (χ0) is 14.7. The van der Waals surface area contributed by atoms with Crippen LogP contribution in [0.1, 0.15) is 12.5 Å². The van der Waals surface area contributed by atoms with Gasteiger partial charge in [0, 0.05) is 19.7 Å². The first-order valence-corrected chi connectivity index (χ1v) is 6.71. The van der Waals surface area contributed by atoms with E-state index >= 15 is 0 Å². The third-order valence-electron chi connectivity index (χ3n) is 2.53. The molecule has 104 valence electrons. The molecule has 0 saturated heterocycles. The molecular formula is C12H15BrFN3OS. The van der Waals surface area contributed by atoms with Crippen LogP contribution in [0, 0.1) is 5.82 Å². The molecule has 1 amide bonds. The maximum absolute atomic E-state index is 14.1. The van der Waals surface area contributed by atoms with E-state index in [1.807, 2.05) is 0 Å². The molecule has 7 heteroatoms. The number of likely N-dealkylation sites (N-methyl/N-ethyl adjacent to an activating group) is 1. The van der Waals surface area contributed by atoms with Crippen LogP contribution in [-0.2, 0) is 4.79 Å². The molecule has 1 unspecified atom stereocenters. The molecule has 19 heavy (non-hydrogen) atoms. The summed E-state index contributed by atoms with van der Waals surface area (Å²) in [7, 11) is 3.28. The number of nitrogens with two attached hydrogens (primary N) is 1. The van der Waals surface area contributed by atoms with E-state index in [1.165, 1.54) is 11.0 Å². The number of benzene rings is 1. The van der Waals surface area contributed by atoms with E-state index in [0.29, 0.717) is 5.56 Å². The van der Waals surface area contributed by atoms with Gasteiger partial charge < -0.3 is 16.0 Å². The molecule has 3 N–H and O–H groups in total. The molecule has 4 nitrogen and oxygen atoms in total. The third kappa shape index (κ3) is 3.63. The number of carbonyl (C=O) groups excluding carboxylic acids is 1. The van der Waals surface area contributed by atoms with Crippen LogP contribution in [-0.4, -0.2) is 35.9 Å². The lowest BCUT2D eigenvalue weighted by atomic mass is 10.1. The standard InChI is InChI=1S/C12H15BrFN3OS/c1-6(12(18)17(2)3)16-8-5-4-7(11(15)19)9(13)10(8)14/h4-6,16H,1-3H3,(H2,15,19). The molecule has 0 heterocycles. The Morgan fingerprint density at radius 1 is 1.53 bits per heavy atom. The number of nitrogens with one attached hydrogen (secondary N) is 1. The van der Waals surface area contributed by atoms with Gasteiger partial charge >= 0.3 is 0 Å². The lowest BCUT2D eigenvalue weighted by Gasteiger charge is -2.20. The molecule has 0 spiro atoms. The summed E-state index contributed by atoms with van der Waals surface area (Å²) in [5.74, 6) is -0.669. The highest BCUT2D eigenvalue weighted by Gasteiger charge is 2.18. The highest BCUT2D eigenvalue weighted by molar-refractivity contribution is 9.10. The summed E-state index contributed by atoms with van der Waals surface area (Å²) in [5.41, 5.74) is 6.11. The van der Waals surface area contributed by atoms with Crippen LogP contribution in [0.2, 0.25) is 0 Å². The topological polar surface area (TPSA) is 58.4 Å². The van der Waals surface area contributed by atoms with Crippen molar-refractivity contribution >= 4 is 44.7 Å². The quantitative estimate of drug-likeness (QED) is 0.819. The van der Waals surface area contributed by atoms with Gasteiger partial charge in [-0.25, -0.2) is 4.39 Å². The first-order chi connectivity index (χ1) is 8.75. The van der Waals surface area contributed by atoms with Gasteiger partial charge in [0.15, 0.2) is 5.82 Å². The Morgan fingerprint density at radius 3 is 2.58 bits per heavy atom. The van der Waals surface area contributed by atoms with E-state index in [2.05, 4.69) is 21.2 Å². The van der Waals surface area contributed by atoms with Crippen LogP contribution in [0.15, 0.2) is 16.6 Å². The molecule has 0 aliphatic heterocycles. The van der Waals surface area contributed by atoms with Crippen molar-refractivity contribution in [2.24, 2.45) is 5.73 Å². The van der Waals surface area contributed by atoms with Crippen molar-refractivity contribution in [2.75, 3.05) is 19.4 Å². The van der Waals surface area contributed by atoms with Crippen LogP contribution < -0.4 is 11.1 Å². The molecule has 1 aromatic rings. The first kappa shape index (κ1) is 15.8. The van der Waals surface area contributed by atoms with E-state index in [9.17, 15) is 9.18 Å². The fourth-order valence-corrected chi connectivity index (χ4v) is 2.39. The van der Waals surface area contributed by atoms with E-state index in [4.69, 9.17) is 18.0 Å². The highest BCUT2D eigenvalue weighted by Crippen LogP contribution is 2.27. The molecule has 1 rings (SSSR count).